The maximum Gasteiger partial charge on any atom is 0.0368 e. The third-order valence-electron chi connectivity index (χ3n) is 5.11. The first-order chi connectivity index (χ1) is 11.9. The highest BCUT2D eigenvalue weighted by molar-refractivity contribution is 5.47. The van der Waals surface area contributed by atoms with Gasteiger partial charge in [-0.3, -0.25) is 0 Å². The van der Waals surface area contributed by atoms with Gasteiger partial charge in [0.1, 0.15) is 0 Å². The first kappa shape index (κ1) is 17.0. The summed E-state index contributed by atoms with van der Waals surface area (Å²) in [5.41, 5.74) is 2.85. The van der Waals surface area contributed by atoms with Crippen LogP contribution in [0.2, 0.25) is 0 Å². The van der Waals surface area contributed by atoms with E-state index >= 15 is 0 Å². The SMILES string of the molecule is CCCN(c1ccccc1)C1CCN(CCc2ccccc2)CC1. The summed E-state index contributed by atoms with van der Waals surface area (Å²) in [6.07, 6.45) is 4.94. The van der Waals surface area contributed by atoms with E-state index < -0.39 is 0 Å². The molecule has 2 aromatic rings. The molecule has 2 nitrogen and oxygen atoms in total. The third-order valence-corrected chi connectivity index (χ3v) is 5.11. The Morgan fingerprint density at radius 1 is 0.917 bits per heavy atom. The van der Waals surface area contributed by atoms with Gasteiger partial charge in [-0.1, -0.05) is 55.5 Å². The van der Waals surface area contributed by atoms with Gasteiger partial charge >= 0.3 is 0 Å². The van der Waals surface area contributed by atoms with E-state index in [-0.39, 0.29) is 0 Å². The van der Waals surface area contributed by atoms with Crippen LogP contribution in [-0.2, 0) is 6.42 Å². The molecule has 2 heteroatoms. The second kappa shape index (κ2) is 8.89. The Kier molecular flexibility index (Phi) is 6.31. The second-order valence-corrected chi connectivity index (χ2v) is 6.84. The van der Waals surface area contributed by atoms with Crippen molar-refractivity contribution in [1.82, 2.24) is 4.90 Å². The highest BCUT2D eigenvalue weighted by Gasteiger charge is 2.24. The fraction of sp³-hybridized carbons (Fsp3) is 0.455. The fourth-order valence-electron chi connectivity index (χ4n) is 3.77. The summed E-state index contributed by atoms with van der Waals surface area (Å²) in [5.74, 6) is 0. The lowest BCUT2D eigenvalue weighted by molar-refractivity contribution is 0.211. The molecule has 1 saturated heterocycles. The Bertz CT molecular complexity index is 573. The van der Waals surface area contributed by atoms with E-state index in [9.17, 15) is 0 Å². The third kappa shape index (κ3) is 4.61. The Balaban J connectivity index is 1.51. The number of benzene rings is 2. The van der Waals surface area contributed by atoms with E-state index in [0.717, 1.165) is 0 Å². The molecule has 2 aromatic carbocycles. The predicted molar refractivity (Wildman–Crippen MR) is 104 cm³/mol. The number of rotatable bonds is 7. The average molecular weight is 322 g/mol. The molecule has 24 heavy (non-hydrogen) atoms. The van der Waals surface area contributed by atoms with Gasteiger partial charge in [0, 0.05) is 37.9 Å². The van der Waals surface area contributed by atoms with Gasteiger partial charge in [0.25, 0.3) is 0 Å². The molecule has 0 saturated carbocycles. The van der Waals surface area contributed by atoms with Crippen LogP contribution in [0.15, 0.2) is 60.7 Å². The van der Waals surface area contributed by atoms with Gasteiger partial charge < -0.3 is 9.80 Å². The summed E-state index contributed by atoms with van der Waals surface area (Å²) in [6.45, 7) is 7.09. The van der Waals surface area contributed by atoms with Crippen molar-refractivity contribution in [2.75, 3.05) is 31.1 Å². The van der Waals surface area contributed by atoms with Crippen LogP contribution in [0.25, 0.3) is 0 Å². The monoisotopic (exact) mass is 322 g/mol. The predicted octanol–water partition coefficient (Wildman–Crippen LogP) is 4.61. The molecule has 3 rings (SSSR count). The zero-order chi connectivity index (χ0) is 16.6. The Morgan fingerprint density at radius 3 is 2.17 bits per heavy atom. The van der Waals surface area contributed by atoms with Crippen molar-refractivity contribution in [1.29, 1.82) is 0 Å². The maximum absolute atomic E-state index is 2.64. The highest BCUT2D eigenvalue weighted by atomic mass is 15.2. The Morgan fingerprint density at radius 2 is 1.54 bits per heavy atom. The summed E-state index contributed by atoms with van der Waals surface area (Å²) >= 11 is 0. The highest BCUT2D eigenvalue weighted by Crippen LogP contribution is 2.24. The summed E-state index contributed by atoms with van der Waals surface area (Å²) in [5, 5.41) is 0. The fourth-order valence-corrected chi connectivity index (χ4v) is 3.77. The van der Waals surface area contributed by atoms with E-state index in [1.165, 1.54) is 63.1 Å². The van der Waals surface area contributed by atoms with E-state index in [2.05, 4.69) is 77.4 Å². The van der Waals surface area contributed by atoms with Gasteiger partial charge in [0.2, 0.25) is 0 Å². The first-order valence-electron chi connectivity index (χ1n) is 9.45. The molecule has 0 bridgehead atoms. The van der Waals surface area contributed by atoms with Crippen LogP contribution in [0.3, 0.4) is 0 Å². The molecule has 1 heterocycles. The smallest absolute Gasteiger partial charge is 0.0368 e. The molecule has 0 atom stereocenters. The van der Waals surface area contributed by atoms with Crippen LogP contribution in [0.4, 0.5) is 5.69 Å². The van der Waals surface area contributed by atoms with E-state index in [4.69, 9.17) is 0 Å². The van der Waals surface area contributed by atoms with E-state index in [1.807, 2.05) is 0 Å². The zero-order valence-electron chi connectivity index (χ0n) is 14.9. The van der Waals surface area contributed by atoms with Gasteiger partial charge in [-0.25, -0.2) is 0 Å². The van der Waals surface area contributed by atoms with Crippen molar-refractivity contribution >= 4 is 5.69 Å². The van der Waals surface area contributed by atoms with Crippen molar-refractivity contribution in [2.24, 2.45) is 0 Å². The summed E-state index contributed by atoms with van der Waals surface area (Å²) < 4.78 is 0. The molecular formula is C22H30N2. The molecule has 128 valence electrons. The summed E-state index contributed by atoms with van der Waals surface area (Å²) in [4.78, 5) is 5.27. The van der Waals surface area contributed by atoms with Crippen LogP contribution in [0, 0.1) is 0 Å². The summed E-state index contributed by atoms with van der Waals surface area (Å²) in [7, 11) is 0. The molecule has 0 aliphatic carbocycles. The van der Waals surface area contributed by atoms with Crippen LogP contribution < -0.4 is 4.90 Å². The molecule has 0 N–H and O–H groups in total. The number of para-hydroxylation sites is 1. The maximum atomic E-state index is 2.64. The number of nitrogens with zero attached hydrogens (tertiary/aromatic N) is 2. The molecular weight excluding hydrogens is 292 g/mol. The van der Waals surface area contributed by atoms with Crippen molar-refractivity contribution in [3.05, 3.63) is 66.2 Å². The minimum Gasteiger partial charge on any atom is -0.368 e. The van der Waals surface area contributed by atoms with Crippen molar-refractivity contribution < 1.29 is 0 Å². The van der Waals surface area contributed by atoms with Crippen molar-refractivity contribution in [3.8, 4) is 0 Å². The standard InChI is InChI=1S/C22H30N2/c1-2-16-24(21-11-7-4-8-12-21)22-14-18-23(19-15-22)17-13-20-9-5-3-6-10-20/h3-12,22H,2,13-19H2,1H3. The first-order valence-corrected chi connectivity index (χ1v) is 9.45. The molecule has 0 unspecified atom stereocenters. The van der Waals surface area contributed by atoms with Crippen LogP contribution in [0.1, 0.15) is 31.7 Å². The molecule has 1 aliphatic heterocycles. The topological polar surface area (TPSA) is 6.48 Å². The molecule has 1 fully saturated rings. The number of hydrogen-bond acceptors (Lipinski definition) is 2. The van der Waals surface area contributed by atoms with Crippen molar-refractivity contribution in [3.63, 3.8) is 0 Å². The van der Waals surface area contributed by atoms with Gasteiger partial charge in [0.05, 0.1) is 0 Å². The van der Waals surface area contributed by atoms with Crippen molar-refractivity contribution in [2.45, 2.75) is 38.6 Å². The normalized spacial score (nSPS) is 16.2. The minimum absolute atomic E-state index is 0.695. The quantitative estimate of drug-likeness (QED) is 0.734. The van der Waals surface area contributed by atoms with E-state index in [1.54, 1.807) is 0 Å². The van der Waals surface area contributed by atoms with Crippen LogP contribution in [-0.4, -0.2) is 37.1 Å². The zero-order valence-corrected chi connectivity index (χ0v) is 14.9. The molecule has 0 amide bonds. The Hall–Kier alpha value is -1.80. The van der Waals surface area contributed by atoms with Crippen LogP contribution in [0.5, 0.6) is 0 Å². The lowest BCUT2D eigenvalue weighted by Crippen LogP contribution is -2.45. The summed E-state index contributed by atoms with van der Waals surface area (Å²) in [6, 6.07) is 22.5. The number of piperidine rings is 1. The largest absolute Gasteiger partial charge is 0.368 e. The Labute approximate surface area is 147 Å². The molecule has 0 aromatic heterocycles. The second-order valence-electron chi connectivity index (χ2n) is 6.84. The number of likely N-dealkylation sites (tertiary alicyclic amines) is 1. The van der Waals surface area contributed by atoms with Gasteiger partial charge in [-0.2, -0.15) is 0 Å². The van der Waals surface area contributed by atoms with Gasteiger partial charge in [-0.05, 0) is 43.4 Å². The lowest BCUT2D eigenvalue weighted by atomic mass is 10.0. The molecule has 0 radical (unpaired) electrons. The molecule has 1 aliphatic rings. The van der Waals surface area contributed by atoms with E-state index in [0.29, 0.717) is 6.04 Å². The lowest BCUT2D eigenvalue weighted by Gasteiger charge is -2.40. The number of hydrogen-bond donors (Lipinski definition) is 0. The van der Waals surface area contributed by atoms with Crippen LogP contribution >= 0.6 is 0 Å². The van der Waals surface area contributed by atoms with Gasteiger partial charge in [-0.15, -0.1) is 0 Å². The minimum atomic E-state index is 0.695. The van der Waals surface area contributed by atoms with Gasteiger partial charge in [0.15, 0.2) is 0 Å². The average Bonchev–Trinajstić information content (AvgIpc) is 2.66. The number of anilines is 1. The molecule has 0 spiro atoms.